The van der Waals surface area contributed by atoms with Crippen LogP contribution in [-0.4, -0.2) is 47.5 Å². The van der Waals surface area contributed by atoms with E-state index < -0.39 is 0 Å². The Bertz CT molecular complexity index is 492. The lowest BCUT2D eigenvalue weighted by atomic mass is 10.3. The molecule has 0 bridgehead atoms. The average molecular weight is 307 g/mol. The van der Waals surface area contributed by atoms with Gasteiger partial charge in [0, 0.05) is 45.0 Å². The van der Waals surface area contributed by atoms with E-state index in [0.29, 0.717) is 13.0 Å². The smallest absolute Gasteiger partial charge is 0.222 e. The second kappa shape index (κ2) is 9.12. The van der Waals surface area contributed by atoms with Gasteiger partial charge in [0.1, 0.15) is 0 Å². The number of aromatic nitrogens is 1. The molecule has 1 heterocycles. The maximum Gasteiger partial charge on any atom is 0.222 e. The molecule has 0 spiro atoms. The molecule has 0 radical (unpaired) electrons. The fourth-order valence-electron chi connectivity index (χ4n) is 2.11. The molecule has 0 aliphatic heterocycles. The molecule has 0 atom stereocenters. The molecule has 6 heteroatoms. The molecule has 1 aromatic rings. The van der Waals surface area contributed by atoms with Gasteiger partial charge in [-0.05, 0) is 32.9 Å². The van der Waals surface area contributed by atoms with Crippen molar-refractivity contribution in [2.24, 2.45) is 12.0 Å². The van der Waals surface area contributed by atoms with Gasteiger partial charge in [0.25, 0.3) is 0 Å². The van der Waals surface area contributed by atoms with Gasteiger partial charge < -0.3 is 20.1 Å². The molecule has 2 N–H and O–H groups in total. The van der Waals surface area contributed by atoms with Crippen molar-refractivity contribution in [1.82, 2.24) is 20.1 Å². The molecule has 6 nitrogen and oxygen atoms in total. The standard InChI is InChI=1S/C16H29N5O/c1-6-17-16(18-10-9-15(22)19-13(2)3)21(5)12-14-8-7-11-20(14)4/h7-8,11,13H,6,9-10,12H2,1-5H3,(H,17,18)(H,19,22). The molecule has 0 aliphatic rings. The third kappa shape index (κ3) is 6.20. The fraction of sp³-hybridized carbons (Fsp3) is 0.625. The molecule has 0 saturated carbocycles. The van der Waals surface area contributed by atoms with E-state index in [1.807, 2.05) is 47.1 Å². The summed E-state index contributed by atoms with van der Waals surface area (Å²) < 4.78 is 2.09. The summed E-state index contributed by atoms with van der Waals surface area (Å²) in [6.07, 6.45) is 2.44. The van der Waals surface area contributed by atoms with Gasteiger partial charge in [-0.1, -0.05) is 0 Å². The molecule has 0 saturated heterocycles. The Balaban J connectivity index is 2.57. The summed E-state index contributed by atoms with van der Waals surface area (Å²) in [5, 5.41) is 6.14. The number of rotatable bonds is 7. The Kier molecular flexibility index (Phi) is 7.49. The van der Waals surface area contributed by atoms with E-state index in [1.54, 1.807) is 0 Å². The summed E-state index contributed by atoms with van der Waals surface area (Å²) in [6, 6.07) is 4.30. The van der Waals surface area contributed by atoms with E-state index in [9.17, 15) is 4.79 Å². The summed E-state index contributed by atoms with van der Waals surface area (Å²) >= 11 is 0. The minimum atomic E-state index is 0.0414. The number of guanidine groups is 1. The van der Waals surface area contributed by atoms with Crippen molar-refractivity contribution in [1.29, 1.82) is 0 Å². The Labute approximate surface area is 133 Å². The number of hydrogen-bond acceptors (Lipinski definition) is 2. The zero-order valence-electron chi connectivity index (χ0n) is 14.4. The van der Waals surface area contributed by atoms with Crippen LogP contribution in [0, 0.1) is 0 Å². The summed E-state index contributed by atoms with van der Waals surface area (Å²) in [5.41, 5.74) is 1.21. The van der Waals surface area contributed by atoms with Gasteiger partial charge in [0.05, 0.1) is 13.1 Å². The fourth-order valence-corrected chi connectivity index (χ4v) is 2.11. The molecule has 1 rings (SSSR count). The van der Waals surface area contributed by atoms with Crippen molar-refractivity contribution in [3.63, 3.8) is 0 Å². The predicted octanol–water partition coefficient (Wildman–Crippen LogP) is 1.34. The van der Waals surface area contributed by atoms with Gasteiger partial charge in [-0.3, -0.25) is 9.79 Å². The first-order valence-corrected chi connectivity index (χ1v) is 7.83. The quantitative estimate of drug-likeness (QED) is 0.590. The number of nitrogens with one attached hydrogen (secondary N) is 2. The second-order valence-electron chi connectivity index (χ2n) is 5.67. The van der Waals surface area contributed by atoms with Gasteiger partial charge in [-0.15, -0.1) is 0 Å². The van der Waals surface area contributed by atoms with E-state index >= 15 is 0 Å². The van der Waals surface area contributed by atoms with Crippen LogP contribution in [0.4, 0.5) is 0 Å². The first-order chi connectivity index (χ1) is 10.4. The Morgan fingerprint density at radius 1 is 1.45 bits per heavy atom. The Morgan fingerprint density at radius 2 is 2.18 bits per heavy atom. The van der Waals surface area contributed by atoms with Crippen LogP contribution in [0.25, 0.3) is 0 Å². The summed E-state index contributed by atoms with van der Waals surface area (Å²) in [7, 11) is 4.03. The first kappa shape index (κ1) is 18.1. The molecule has 124 valence electrons. The third-order valence-corrected chi connectivity index (χ3v) is 3.20. The third-order valence-electron chi connectivity index (χ3n) is 3.20. The molecular weight excluding hydrogens is 278 g/mol. The monoisotopic (exact) mass is 307 g/mol. The zero-order chi connectivity index (χ0) is 16.5. The first-order valence-electron chi connectivity index (χ1n) is 7.83. The predicted molar refractivity (Wildman–Crippen MR) is 90.8 cm³/mol. The number of carbonyl (C=O) groups excluding carboxylic acids is 1. The van der Waals surface area contributed by atoms with E-state index in [-0.39, 0.29) is 11.9 Å². The minimum absolute atomic E-state index is 0.0414. The van der Waals surface area contributed by atoms with E-state index in [4.69, 9.17) is 0 Å². The van der Waals surface area contributed by atoms with Crippen molar-refractivity contribution in [3.05, 3.63) is 24.0 Å². The molecule has 1 amide bonds. The van der Waals surface area contributed by atoms with Crippen molar-refractivity contribution < 1.29 is 4.79 Å². The van der Waals surface area contributed by atoms with Crippen molar-refractivity contribution in [2.75, 3.05) is 20.1 Å². The highest BCUT2D eigenvalue weighted by atomic mass is 16.1. The lowest BCUT2D eigenvalue weighted by Gasteiger charge is -2.22. The maximum absolute atomic E-state index is 11.6. The minimum Gasteiger partial charge on any atom is -0.357 e. The van der Waals surface area contributed by atoms with Crippen LogP contribution in [0.15, 0.2) is 23.3 Å². The highest BCUT2D eigenvalue weighted by Gasteiger charge is 2.09. The van der Waals surface area contributed by atoms with E-state index in [1.165, 1.54) is 5.69 Å². The van der Waals surface area contributed by atoms with Crippen LogP contribution in [0.1, 0.15) is 32.9 Å². The summed E-state index contributed by atoms with van der Waals surface area (Å²) in [6.45, 7) is 8.01. The number of hydrogen-bond donors (Lipinski definition) is 2. The number of aryl methyl sites for hydroxylation is 1. The Morgan fingerprint density at radius 3 is 2.73 bits per heavy atom. The molecular formula is C16H29N5O. The van der Waals surface area contributed by atoms with Crippen molar-refractivity contribution >= 4 is 11.9 Å². The molecule has 1 aromatic heterocycles. The zero-order valence-corrected chi connectivity index (χ0v) is 14.4. The lowest BCUT2D eigenvalue weighted by Crippen LogP contribution is -2.39. The maximum atomic E-state index is 11.6. The summed E-state index contributed by atoms with van der Waals surface area (Å²) in [4.78, 5) is 18.2. The van der Waals surface area contributed by atoms with Crippen LogP contribution in [-0.2, 0) is 18.4 Å². The molecule has 0 aromatic carbocycles. The van der Waals surface area contributed by atoms with Crippen LogP contribution < -0.4 is 10.6 Å². The number of amides is 1. The average Bonchev–Trinajstić information content (AvgIpc) is 2.82. The van der Waals surface area contributed by atoms with Crippen LogP contribution in [0.5, 0.6) is 0 Å². The van der Waals surface area contributed by atoms with Gasteiger partial charge in [0.15, 0.2) is 5.96 Å². The highest BCUT2D eigenvalue weighted by molar-refractivity contribution is 5.80. The van der Waals surface area contributed by atoms with Crippen LogP contribution >= 0.6 is 0 Å². The SMILES string of the molecule is CCNC(=NCCC(=O)NC(C)C)N(C)Cc1cccn1C. The highest BCUT2D eigenvalue weighted by Crippen LogP contribution is 2.03. The number of carbonyl (C=O) groups is 1. The van der Waals surface area contributed by atoms with Crippen LogP contribution in [0.2, 0.25) is 0 Å². The van der Waals surface area contributed by atoms with Gasteiger partial charge in [0.2, 0.25) is 5.91 Å². The van der Waals surface area contributed by atoms with Gasteiger partial charge in [-0.25, -0.2) is 0 Å². The number of aliphatic imine (C=N–C) groups is 1. The molecule has 22 heavy (non-hydrogen) atoms. The second-order valence-corrected chi connectivity index (χ2v) is 5.67. The van der Waals surface area contributed by atoms with E-state index in [2.05, 4.69) is 31.2 Å². The lowest BCUT2D eigenvalue weighted by molar-refractivity contribution is -0.121. The van der Waals surface area contributed by atoms with E-state index in [0.717, 1.165) is 19.0 Å². The summed E-state index contributed by atoms with van der Waals surface area (Å²) in [5.74, 6) is 0.862. The largest absolute Gasteiger partial charge is 0.357 e. The van der Waals surface area contributed by atoms with Crippen molar-refractivity contribution in [2.45, 2.75) is 39.8 Å². The topological polar surface area (TPSA) is 61.7 Å². The molecule has 0 fully saturated rings. The van der Waals surface area contributed by atoms with Gasteiger partial charge >= 0.3 is 0 Å². The normalized spacial score (nSPS) is 11.6. The van der Waals surface area contributed by atoms with Crippen molar-refractivity contribution in [3.8, 4) is 0 Å². The Hall–Kier alpha value is -1.98. The molecule has 0 unspecified atom stereocenters. The van der Waals surface area contributed by atoms with Gasteiger partial charge in [-0.2, -0.15) is 0 Å². The molecule has 0 aliphatic carbocycles. The number of nitrogens with zero attached hydrogens (tertiary/aromatic N) is 3. The van der Waals surface area contributed by atoms with Crippen LogP contribution in [0.3, 0.4) is 0 Å².